The summed E-state index contributed by atoms with van der Waals surface area (Å²) in [5, 5.41) is 0. The minimum absolute atomic E-state index is 0.0773. The minimum atomic E-state index is -0.790. The third-order valence-electron chi connectivity index (χ3n) is 6.41. The third-order valence-corrected chi connectivity index (χ3v) is 6.41. The number of hydrogen-bond acceptors (Lipinski definition) is 7. The lowest BCUT2D eigenvalue weighted by Gasteiger charge is -2.28. The number of ether oxygens (including phenoxy) is 4. The molecule has 2 atom stereocenters. The van der Waals surface area contributed by atoms with Crippen LogP contribution < -0.4 is 10.2 Å². The Bertz CT molecular complexity index is 1390. The molecule has 4 aromatic rings. The van der Waals surface area contributed by atoms with Crippen molar-refractivity contribution in [3.05, 3.63) is 135 Å². The molecule has 1 aliphatic rings. The van der Waals surface area contributed by atoms with E-state index < -0.39 is 18.4 Å². The summed E-state index contributed by atoms with van der Waals surface area (Å²) in [7, 11) is 0. The lowest BCUT2D eigenvalue weighted by Crippen LogP contribution is -2.26. The molecule has 200 valence electrons. The maximum absolute atomic E-state index is 12.9. The molecule has 1 saturated heterocycles. The van der Waals surface area contributed by atoms with Crippen LogP contribution in [0, 0.1) is 0 Å². The molecule has 0 aliphatic carbocycles. The standard InChI is InChI=1S/C32H30O7/c33-27-18-20-36-31(30(27)37-21-23-9-3-1-4-10-23)29(39-28-13-7-8-19-35-28)25-14-16-26(17-15-25)32(34)38-22-24-11-5-2-6-12-24/h1-6,9-12,14-18,20,28-29H,7-8,13,19,21-22H2. The lowest BCUT2D eigenvalue weighted by molar-refractivity contribution is -0.184. The van der Waals surface area contributed by atoms with Crippen LogP contribution in [0.15, 0.2) is 106 Å². The second kappa shape index (κ2) is 13.0. The molecule has 5 rings (SSSR count). The van der Waals surface area contributed by atoms with Gasteiger partial charge in [0.05, 0.1) is 11.8 Å². The predicted molar refractivity (Wildman–Crippen MR) is 144 cm³/mol. The van der Waals surface area contributed by atoms with Crippen LogP contribution in [0.4, 0.5) is 0 Å². The average molecular weight is 527 g/mol. The molecule has 7 heteroatoms. The van der Waals surface area contributed by atoms with Crippen LogP contribution in [0.1, 0.15) is 58.2 Å². The van der Waals surface area contributed by atoms with Crippen LogP contribution in [0.2, 0.25) is 0 Å². The zero-order chi connectivity index (χ0) is 26.9. The third kappa shape index (κ3) is 7.02. The highest BCUT2D eigenvalue weighted by atomic mass is 16.7. The van der Waals surface area contributed by atoms with E-state index in [1.165, 1.54) is 12.3 Å². The van der Waals surface area contributed by atoms with Gasteiger partial charge < -0.3 is 23.4 Å². The molecule has 3 aromatic carbocycles. The summed E-state index contributed by atoms with van der Waals surface area (Å²) in [4.78, 5) is 25.5. The van der Waals surface area contributed by atoms with E-state index in [0.717, 1.165) is 30.4 Å². The molecule has 1 aliphatic heterocycles. The van der Waals surface area contributed by atoms with Gasteiger partial charge in [0.2, 0.25) is 11.2 Å². The van der Waals surface area contributed by atoms with Crippen molar-refractivity contribution >= 4 is 5.97 Å². The van der Waals surface area contributed by atoms with Crippen LogP contribution in [-0.2, 0) is 27.4 Å². The first kappa shape index (κ1) is 26.4. The Balaban J connectivity index is 1.39. The number of carbonyl (C=O) groups excluding carboxylic acids is 1. The first-order valence-corrected chi connectivity index (χ1v) is 13.0. The highest BCUT2D eigenvalue weighted by molar-refractivity contribution is 5.89. The largest absolute Gasteiger partial charge is 0.482 e. The first-order chi connectivity index (χ1) is 19.2. The quantitative estimate of drug-likeness (QED) is 0.227. The average Bonchev–Trinajstić information content (AvgIpc) is 3.00. The molecule has 7 nitrogen and oxygen atoms in total. The summed E-state index contributed by atoms with van der Waals surface area (Å²) < 4.78 is 29.5. The van der Waals surface area contributed by atoms with Gasteiger partial charge in [0.25, 0.3) is 0 Å². The van der Waals surface area contributed by atoms with E-state index in [1.54, 1.807) is 24.3 Å². The fourth-order valence-corrected chi connectivity index (χ4v) is 4.34. The van der Waals surface area contributed by atoms with Gasteiger partial charge in [0.1, 0.15) is 19.3 Å². The molecule has 0 N–H and O–H groups in total. The zero-order valence-corrected chi connectivity index (χ0v) is 21.5. The van der Waals surface area contributed by atoms with Gasteiger partial charge in [-0.25, -0.2) is 4.79 Å². The minimum Gasteiger partial charge on any atom is -0.482 e. The van der Waals surface area contributed by atoms with Gasteiger partial charge in [0, 0.05) is 12.7 Å². The normalized spacial score (nSPS) is 15.8. The SMILES string of the molecule is O=C(OCc1ccccc1)c1ccc(C(OC2CCCCO2)c2occc(=O)c2OCc2ccccc2)cc1. The van der Waals surface area contributed by atoms with Crippen molar-refractivity contribution in [2.45, 2.75) is 44.9 Å². The molecule has 2 heterocycles. The summed E-state index contributed by atoms with van der Waals surface area (Å²) in [6.07, 6.45) is 2.74. The number of carbonyl (C=O) groups is 1. The fourth-order valence-electron chi connectivity index (χ4n) is 4.34. The van der Waals surface area contributed by atoms with Crippen molar-refractivity contribution < 1.29 is 28.2 Å². The summed E-state index contributed by atoms with van der Waals surface area (Å²) in [5.74, 6) is -0.114. The maximum atomic E-state index is 12.9. The van der Waals surface area contributed by atoms with E-state index in [9.17, 15) is 9.59 Å². The number of esters is 1. The molecule has 0 bridgehead atoms. The predicted octanol–water partition coefficient (Wildman–Crippen LogP) is 6.21. The lowest BCUT2D eigenvalue weighted by atomic mass is 10.0. The van der Waals surface area contributed by atoms with Crippen molar-refractivity contribution in [1.82, 2.24) is 0 Å². The molecule has 0 spiro atoms. The summed E-state index contributed by atoms with van der Waals surface area (Å²) in [6.45, 7) is 0.977. The van der Waals surface area contributed by atoms with Gasteiger partial charge in [-0.3, -0.25) is 4.79 Å². The Kier molecular flexibility index (Phi) is 8.83. The van der Waals surface area contributed by atoms with Gasteiger partial charge in [-0.1, -0.05) is 72.8 Å². The smallest absolute Gasteiger partial charge is 0.338 e. The Hall–Kier alpha value is -4.20. The Labute approximate surface area is 226 Å². The molecule has 1 fully saturated rings. The second-order valence-corrected chi connectivity index (χ2v) is 9.25. The van der Waals surface area contributed by atoms with Crippen molar-refractivity contribution in [2.75, 3.05) is 6.61 Å². The molecule has 0 radical (unpaired) electrons. The van der Waals surface area contributed by atoms with E-state index in [1.807, 2.05) is 60.7 Å². The highest BCUT2D eigenvalue weighted by Crippen LogP contribution is 2.34. The summed E-state index contributed by atoms with van der Waals surface area (Å²) >= 11 is 0. The van der Waals surface area contributed by atoms with Crippen LogP contribution in [0.5, 0.6) is 5.75 Å². The van der Waals surface area contributed by atoms with Gasteiger partial charge in [-0.2, -0.15) is 0 Å². The topological polar surface area (TPSA) is 84.2 Å². The van der Waals surface area contributed by atoms with Crippen molar-refractivity contribution in [3.63, 3.8) is 0 Å². The highest BCUT2D eigenvalue weighted by Gasteiger charge is 2.29. The van der Waals surface area contributed by atoms with Crippen LogP contribution in [0.3, 0.4) is 0 Å². The molecule has 39 heavy (non-hydrogen) atoms. The molecular formula is C32H30O7. The Morgan fingerprint density at radius 2 is 1.54 bits per heavy atom. The van der Waals surface area contributed by atoms with Crippen molar-refractivity contribution in [2.24, 2.45) is 0 Å². The molecule has 2 unspecified atom stereocenters. The number of benzene rings is 3. The molecule has 1 aromatic heterocycles. The Morgan fingerprint density at radius 3 is 2.21 bits per heavy atom. The van der Waals surface area contributed by atoms with Crippen LogP contribution in [0.25, 0.3) is 0 Å². The van der Waals surface area contributed by atoms with Crippen molar-refractivity contribution in [3.8, 4) is 5.75 Å². The first-order valence-electron chi connectivity index (χ1n) is 13.0. The van der Waals surface area contributed by atoms with Gasteiger partial charge in [-0.15, -0.1) is 0 Å². The molecule has 0 amide bonds. The van der Waals surface area contributed by atoms with E-state index in [0.29, 0.717) is 17.7 Å². The van der Waals surface area contributed by atoms with Gasteiger partial charge in [-0.05, 0) is 48.1 Å². The second-order valence-electron chi connectivity index (χ2n) is 9.25. The molecular weight excluding hydrogens is 496 g/mol. The zero-order valence-electron chi connectivity index (χ0n) is 21.5. The van der Waals surface area contributed by atoms with Crippen LogP contribution in [-0.4, -0.2) is 18.9 Å². The summed E-state index contributed by atoms with van der Waals surface area (Å²) in [5.41, 5.74) is 2.59. The maximum Gasteiger partial charge on any atom is 0.338 e. The van der Waals surface area contributed by atoms with E-state index in [4.69, 9.17) is 23.4 Å². The molecule has 0 saturated carbocycles. The number of rotatable bonds is 10. The van der Waals surface area contributed by atoms with E-state index in [-0.39, 0.29) is 30.2 Å². The van der Waals surface area contributed by atoms with Gasteiger partial charge in [0.15, 0.2) is 12.1 Å². The van der Waals surface area contributed by atoms with E-state index >= 15 is 0 Å². The summed E-state index contributed by atoms with van der Waals surface area (Å²) in [6, 6.07) is 27.3. The van der Waals surface area contributed by atoms with Gasteiger partial charge >= 0.3 is 5.97 Å². The fraction of sp³-hybridized carbons (Fsp3) is 0.250. The van der Waals surface area contributed by atoms with E-state index in [2.05, 4.69) is 0 Å². The monoisotopic (exact) mass is 526 g/mol. The number of hydrogen-bond donors (Lipinski definition) is 0. The Morgan fingerprint density at radius 1 is 0.846 bits per heavy atom. The van der Waals surface area contributed by atoms with Crippen LogP contribution >= 0.6 is 0 Å². The van der Waals surface area contributed by atoms with Crippen molar-refractivity contribution in [1.29, 1.82) is 0 Å².